The lowest BCUT2D eigenvalue weighted by atomic mass is 9.96. The lowest BCUT2D eigenvalue weighted by Crippen LogP contribution is -2.12. The number of aryl methyl sites for hydroxylation is 1. The van der Waals surface area contributed by atoms with Gasteiger partial charge in [-0.3, -0.25) is 9.78 Å². The van der Waals surface area contributed by atoms with Crippen LogP contribution in [-0.2, 0) is 22.4 Å². The molecule has 3 aromatic rings. The molecule has 0 bridgehead atoms. The molecule has 8 heteroatoms. The van der Waals surface area contributed by atoms with Crippen LogP contribution in [0.1, 0.15) is 40.9 Å². The molecule has 168 valence electrons. The van der Waals surface area contributed by atoms with E-state index < -0.39 is 5.91 Å². The Balaban J connectivity index is 1.45. The van der Waals surface area contributed by atoms with Crippen LogP contribution in [0.3, 0.4) is 0 Å². The monoisotopic (exact) mass is 443 g/mol. The van der Waals surface area contributed by atoms with Crippen LogP contribution in [0.15, 0.2) is 60.4 Å². The van der Waals surface area contributed by atoms with Crippen LogP contribution >= 0.6 is 0 Å². The number of nitrogens with one attached hydrogen (secondary N) is 2. The molecule has 1 fully saturated rings. The van der Waals surface area contributed by atoms with Crippen molar-refractivity contribution < 1.29 is 14.3 Å². The maximum Gasteiger partial charge on any atom is 0.248 e. The second-order valence-corrected chi connectivity index (χ2v) is 7.95. The number of hydrogen-bond donors (Lipinski definition) is 3. The van der Waals surface area contributed by atoms with Crippen LogP contribution in [0, 0.1) is 0 Å². The number of amides is 1. The fourth-order valence-corrected chi connectivity index (χ4v) is 3.98. The largest absolute Gasteiger partial charge is 0.469 e. The Morgan fingerprint density at radius 1 is 1.18 bits per heavy atom. The number of pyridine rings is 1. The van der Waals surface area contributed by atoms with Crippen molar-refractivity contribution in [3.8, 4) is 11.4 Å². The number of rotatable bonds is 7. The number of H-pyrrole nitrogens is 1. The Labute approximate surface area is 191 Å². The molecule has 33 heavy (non-hydrogen) atoms. The van der Waals surface area contributed by atoms with Crippen molar-refractivity contribution in [1.82, 2.24) is 15.0 Å². The predicted molar refractivity (Wildman–Crippen MR) is 125 cm³/mol. The molecule has 1 atom stereocenters. The van der Waals surface area contributed by atoms with E-state index in [-0.39, 0.29) is 12.9 Å². The van der Waals surface area contributed by atoms with Gasteiger partial charge in [-0.15, -0.1) is 0 Å². The van der Waals surface area contributed by atoms with Crippen LogP contribution in [-0.4, -0.2) is 33.8 Å². The quantitative estimate of drug-likeness (QED) is 0.512. The third-order valence-corrected chi connectivity index (χ3v) is 5.78. The number of aromatic nitrogens is 3. The number of imidazole rings is 1. The van der Waals surface area contributed by atoms with Gasteiger partial charge in [0.1, 0.15) is 17.7 Å². The molecule has 1 amide bonds. The number of fused-ring (bicyclic) bond motifs is 1. The Bertz CT molecular complexity index is 1240. The van der Waals surface area contributed by atoms with E-state index in [1.165, 1.54) is 0 Å². The van der Waals surface area contributed by atoms with E-state index in [4.69, 9.17) is 25.2 Å². The molecular formula is C25H25N5O3. The van der Waals surface area contributed by atoms with E-state index >= 15 is 0 Å². The summed E-state index contributed by atoms with van der Waals surface area (Å²) in [7, 11) is 0. The first-order valence-electron chi connectivity index (χ1n) is 10.9. The first-order valence-corrected chi connectivity index (χ1v) is 10.9. The number of nitrogens with two attached hydrogens (primary N) is 1. The average Bonchev–Trinajstić information content (AvgIpc) is 3.49. The molecule has 0 radical (unpaired) electrons. The van der Waals surface area contributed by atoms with Crippen LogP contribution in [0.25, 0.3) is 17.0 Å². The normalized spacial score (nSPS) is 17.1. The van der Waals surface area contributed by atoms with E-state index in [1.54, 1.807) is 12.1 Å². The van der Waals surface area contributed by atoms with Crippen molar-refractivity contribution in [2.75, 3.05) is 12.1 Å². The Morgan fingerprint density at radius 3 is 2.82 bits per heavy atom. The maximum atomic E-state index is 11.3. The molecule has 1 aromatic carbocycles. The van der Waals surface area contributed by atoms with Gasteiger partial charge in [0.2, 0.25) is 5.91 Å². The van der Waals surface area contributed by atoms with Gasteiger partial charge >= 0.3 is 0 Å². The van der Waals surface area contributed by atoms with E-state index in [2.05, 4.69) is 17.2 Å². The van der Waals surface area contributed by atoms with Gasteiger partial charge < -0.3 is 25.5 Å². The summed E-state index contributed by atoms with van der Waals surface area (Å²) in [5.74, 6) is 1.20. The maximum absolute atomic E-state index is 11.3. The smallest absolute Gasteiger partial charge is 0.248 e. The van der Waals surface area contributed by atoms with Crippen LogP contribution in [0.5, 0.6) is 0 Å². The number of anilines is 1. The van der Waals surface area contributed by atoms with Crippen LogP contribution in [0.4, 0.5) is 5.69 Å². The number of nitrogens with zero attached hydrogens (tertiary/aromatic N) is 2. The highest BCUT2D eigenvalue weighted by molar-refractivity contribution is 5.93. The van der Waals surface area contributed by atoms with Gasteiger partial charge in [-0.2, -0.15) is 0 Å². The van der Waals surface area contributed by atoms with Crippen molar-refractivity contribution >= 4 is 17.2 Å². The fourth-order valence-electron chi connectivity index (χ4n) is 3.98. The standard InChI is InChI=1S/C25H25N5O3/c1-2-17-4-3-5-19(28-17)24-23(16-8-11-20-21(12-16)33-14-32-20)29-22(30-24)13-27-18-9-6-15(7-10-18)25(26)31/h3-11,21,27H,2,12-14H2,1H3,(H2,26,31)(H,29,30). The minimum Gasteiger partial charge on any atom is -0.469 e. The zero-order valence-corrected chi connectivity index (χ0v) is 18.3. The van der Waals surface area contributed by atoms with E-state index in [0.717, 1.165) is 52.0 Å². The number of allylic oxidation sites excluding steroid dienone is 2. The highest BCUT2D eigenvalue weighted by Crippen LogP contribution is 2.35. The van der Waals surface area contributed by atoms with Gasteiger partial charge in [0.05, 0.1) is 23.6 Å². The van der Waals surface area contributed by atoms with Crippen molar-refractivity contribution in [3.63, 3.8) is 0 Å². The molecule has 1 unspecified atom stereocenters. The average molecular weight is 444 g/mol. The van der Waals surface area contributed by atoms with Crippen LogP contribution < -0.4 is 11.1 Å². The molecule has 5 rings (SSSR count). The van der Waals surface area contributed by atoms with Gasteiger partial charge in [-0.05, 0) is 54.5 Å². The summed E-state index contributed by atoms with van der Waals surface area (Å²) in [6.45, 7) is 2.86. The number of carbonyl (C=O) groups is 1. The van der Waals surface area contributed by atoms with Gasteiger partial charge in [0.15, 0.2) is 6.79 Å². The van der Waals surface area contributed by atoms with Crippen molar-refractivity contribution in [1.29, 1.82) is 0 Å². The molecule has 8 nitrogen and oxygen atoms in total. The zero-order valence-electron chi connectivity index (χ0n) is 18.3. The molecular weight excluding hydrogens is 418 g/mol. The van der Waals surface area contributed by atoms with E-state index in [9.17, 15) is 4.79 Å². The minimum absolute atomic E-state index is 0.0742. The van der Waals surface area contributed by atoms with Gasteiger partial charge in [-0.1, -0.05) is 19.1 Å². The van der Waals surface area contributed by atoms with Gasteiger partial charge in [-0.25, -0.2) is 4.98 Å². The summed E-state index contributed by atoms with van der Waals surface area (Å²) in [6.07, 6.45) is 5.48. The molecule has 0 spiro atoms. The summed E-state index contributed by atoms with van der Waals surface area (Å²) >= 11 is 0. The van der Waals surface area contributed by atoms with Crippen molar-refractivity contribution in [3.05, 3.63) is 83.2 Å². The summed E-state index contributed by atoms with van der Waals surface area (Å²) in [4.78, 5) is 24.5. The second-order valence-electron chi connectivity index (χ2n) is 7.95. The number of aromatic amines is 1. The Kier molecular flexibility index (Phi) is 5.66. The van der Waals surface area contributed by atoms with Crippen molar-refractivity contribution in [2.45, 2.75) is 32.4 Å². The first-order chi connectivity index (χ1) is 16.1. The molecule has 1 saturated heterocycles. The van der Waals surface area contributed by atoms with Crippen molar-refractivity contribution in [2.24, 2.45) is 5.73 Å². The topological polar surface area (TPSA) is 115 Å². The molecule has 1 aliphatic heterocycles. The summed E-state index contributed by atoms with van der Waals surface area (Å²) in [5.41, 5.74) is 11.4. The Morgan fingerprint density at radius 2 is 2.03 bits per heavy atom. The van der Waals surface area contributed by atoms with Crippen LogP contribution in [0.2, 0.25) is 0 Å². The third-order valence-electron chi connectivity index (χ3n) is 5.78. The summed E-state index contributed by atoms with van der Waals surface area (Å²) in [5, 5.41) is 3.34. The fraction of sp³-hybridized carbons (Fsp3) is 0.240. The third kappa shape index (κ3) is 4.38. The molecule has 4 N–H and O–H groups in total. The van der Waals surface area contributed by atoms with E-state index in [1.807, 2.05) is 42.5 Å². The number of carbonyl (C=O) groups excluding carboxylic acids is 1. The molecule has 2 aromatic heterocycles. The lowest BCUT2D eigenvalue weighted by molar-refractivity contribution is 0.0515. The van der Waals surface area contributed by atoms with E-state index in [0.29, 0.717) is 18.5 Å². The number of primary amides is 1. The minimum atomic E-state index is -0.446. The lowest BCUT2D eigenvalue weighted by Gasteiger charge is -2.15. The zero-order chi connectivity index (χ0) is 22.8. The number of benzene rings is 1. The molecule has 0 saturated carbocycles. The molecule has 3 heterocycles. The highest BCUT2D eigenvalue weighted by atomic mass is 16.7. The number of hydrogen-bond acceptors (Lipinski definition) is 6. The SMILES string of the molecule is CCc1cccc(-c2[nH]c(CNc3ccc(C(N)=O)cc3)nc2C2=CC=C3OCOC3C2)n1. The van der Waals surface area contributed by atoms with Gasteiger partial charge in [0, 0.05) is 23.4 Å². The van der Waals surface area contributed by atoms with Gasteiger partial charge in [0.25, 0.3) is 0 Å². The summed E-state index contributed by atoms with van der Waals surface area (Å²) in [6, 6.07) is 13.1. The first kappa shape index (κ1) is 21.0. The molecule has 2 aliphatic rings. The second kappa shape index (κ2) is 8.91. The summed E-state index contributed by atoms with van der Waals surface area (Å²) < 4.78 is 11.2. The number of ether oxygens (including phenoxy) is 2. The highest BCUT2D eigenvalue weighted by Gasteiger charge is 2.29. The predicted octanol–water partition coefficient (Wildman–Crippen LogP) is 3.79. The molecule has 1 aliphatic carbocycles. The Hall–Kier alpha value is -3.91.